The highest BCUT2D eigenvalue weighted by Gasteiger charge is 2.48. The molecule has 0 bridgehead atoms. The first-order valence-corrected chi connectivity index (χ1v) is 12.6. The summed E-state index contributed by atoms with van der Waals surface area (Å²) in [6, 6.07) is 15.5. The number of aryl methyl sites for hydroxylation is 2. The Bertz CT molecular complexity index is 1260. The number of nitrogens with zero attached hydrogens (tertiary/aromatic N) is 3. The summed E-state index contributed by atoms with van der Waals surface area (Å²) in [7, 11) is 0. The van der Waals surface area contributed by atoms with Gasteiger partial charge in [0.1, 0.15) is 5.82 Å². The Kier molecular flexibility index (Phi) is 5.69. The fraction of sp³-hybridized carbons (Fsp3) is 0.429. The lowest BCUT2D eigenvalue weighted by molar-refractivity contribution is 0.120. The van der Waals surface area contributed by atoms with Gasteiger partial charge in [-0.25, -0.2) is 9.37 Å². The molecular weight excluding hydrogens is 441 g/mol. The molecule has 2 aliphatic heterocycles. The summed E-state index contributed by atoms with van der Waals surface area (Å²) in [5, 5.41) is 7.02. The number of halogens is 1. The van der Waals surface area contributed by atoms with Crippen LogP contribution >= 0.6 is 0 Å². The zero-order valence-corrected chi connectivity index (χ0v) is 20.1. The van der Waals surface area contributed by atoms with Crippen LogP contribution in [0, 0.1) is 18.2 Å². The largest absolute Gasteiger partial charge is 0.351 e. The Hall–Kier alpha value is -3.03. The molecule has 1 aromatic heterocycles. The fourth-order valence-electron chi connectivity index (χ4n) is 5.42. The average molecular weight is 474 g/mol. The molecule has 0 amide bonds. The molecule has 3 aliphatic rings. The maximum atomic E-state index is 13.5. The quantitative estimate of drug-likeness (QED) is 0.492. The van der Waals surface area contributed by atoms with Crippen molar-refractivity contribution in [1.82, 2.24) is 20.2 Å². The van der Waals surface area contributed by atoms with Crippen molar-refractivity contribution in [3.63, 3.8) is 0 Å². The third kappa shape index (κ3) is 4.50. The molecule has 3 aromatic rings. The predicted octanol–water partition coefficient (Wildman–Crippen LogP) is 3.17. The first-order chi connectivity index (χ1) is 17.0. The molecule has 7 heteroatoms. The van der Waals surface area contributed by atoms with E-state index in [1.165, 1.54) is 29.7 Å². The second kappa shape index (κ2) is 8.88. The van der Waals surface area contributed by atoms with Gasteiger partial charge in [0.2, 0.25) is 0 Å². The Balaban J connectivity index is 1.13. The molecule has 1 spiro atoms. The second-order valence-electron chi connectivity index (χ2n) is 10.6. The van der Waals surface area contributed by atoms with Gasteiger partial charge in [0.25, 0.3) is 5.56 Å². The lowest BCUT2D eigenvalue weighted by Crippen LogP contribution is -2.72. The van der Waals surface area contributed by atoms with E-state index in [4.69, 9.17) is 4.98 Å². The number of hydrogen-bond donors (Lipinski definition) is 2. The molecule has 2 N–H and O–H groups in total. The number of anilines is 1. The van der Waals surface area contributed by atoms with Crippen LogP contribution < -0.4 is 21.1 Å². The van der Waals surface area contributed by atoms with E-state index < -0.39 is 0 Å². The highest BCUT2D eigenvalue weighted by Crippen LogP contribution is 2.40. The van der Waals surface area contributed by atoms with E-state index in [1.54, 1.807) is 16.7 Å². The number of hydrogen-bond acceptors (Lipinski definition) is 5. The van der Waals surface area contributed by atoms with Gasteiger partial charge in [-0.2, -0.15) is 0 Å². The van der Waals surface area contributed by atoms with E-state index in [0.717, 1.165) is 51.3 Å². The van der Waals surface area contributed by atoms with Crippen molar-refractivity contribution in [1.29, 1.82) is 0 Å². The number of aromatic nitrogens is 2. The lowest BCUT2D eigenvalue weighted by Gasteiger charge is -2.56. The van der Waals surface area contributed by atoms with Gasteiger partial charge >= 0.3 is 0 Å². The van der Waals surface area contributed by atoms with Gasteiger partial charge in [0.05, 0.1) is 5.69 Å². The molecular formula is C28H32FN5O. The number of benzene rings is 2. The van der Waals surface area contributed by atoms with Crippen molar-refractivity contribution in [2.75, 3.05) is 37.6 Å². The summed E-state index contributed by atoms with van der Waals surface area (Å²) < 4.78 is 15.1. The highest BCUT2D eigenvalue weighted by atomic mass is 19.1. The number of rotatable bonds is 8. The van der Waals surface area contributed by atoms with Gasteiger partial charge in [-0.15, -0.1) is 0 Å². The topological polar surface area (TPSA) is 62.2 Å². The van der Waals surface area contributed by atoms with Gasteiger partial charge in [0, 0.05) is 55.4 Å². The van der Waals surface area contributed by atoms with Gasteiger partial charge in [-0.1, -0.05) is 29.8 Å². The molecule has 3 heterocycles. The minimum atomic E-state index is -0.312. The van der Waals surface area contributed by atoms with E-state index in [-0.39, 0.29) is 11.4 Å². The molecule has 2 saturated heterocycles. The zero-order chi connectivity index (χ0) is 24.0. The third-order valence-electron chi connectivity index (χ3n) is 7.71. The standard InChI is InChI=1S/C28H32FN5O/c1-19-4-6-20(7-5-19)24-13-25(24)31-12-2-3-22-14-34(23-10-8-21(29)9-11-23)27(35)26(32-22)33-17-28(18-33)15-30-16-28/h4-11,14,24-25,30-31H,2-3,12-13,15-18H2,1H3/t24-,25+/m0/s1. The Labute approximate surface area is 205 Å². The smallest absolute Gasteiger partial charge is 0.298 e. The first-order valence-electron chi connectivity index (χ1n) is 12.6. The molecule has 3 fully saturated rings. The monoisotopic (exact) mass is 473 g/mol. The van der Waals surface area contributed by atoms with E-state index in [0.29, 0.717) is 28.9 Å². The third-order valence-corrected chi connectivity index (χ3v) is 7.71. The van der Waals surface area contributed by atoms with Crippen LogP contribution in [0.15, 0.2) is 59.5 Å². The van der Waals surface area contributed by atoms with Crippen LogP contribution in [0.3, 0.4) is 0 Å². The first kappa shape index (κ1) is 22.4. The van der Waals surface area contributed by atoms with E-state index >= 15 is 0 Å². The van der Waals surface area contributed by atoms with E-state index in [1.807, 2.05) is 6.20 Å². The fourth-order valence-corrected chi connectivity index (χ4v) is 5.42. The van der Waals surface area contributed by atoms with Crippen molar-refractivity contribution < 1.29 is 4.39 Å². The lowest BCUT2D eigenvalue weighted by atomic mass is 9.74. The van der Waals surface area contributed by atoms with E-state index in [9.17, 15) is 9.18 Å². The SMILES string of the molecule is Cc1ccc([C@@H]2C[C@H]2NCCCc2cn(-c3ccc(F)cc3)c(=O)c(N3CC4(CNC4)C3)n2)cc1. The van der Waals surface area contributed by atoms with Gasteiger partial charge in [-0.05, 0) is 62.6 Å². The van der Waals surface area contributed by atoms with Gasteiger partial charge < -0.3 is 15.5 Å². The summed E-state index contributed by atoms with van der Waals surface area (Å²) in [6.45, 7) is 6.77. The van der Waals surface area contributed by atoms with Crippen LogP contribution in [0.5, 0.6) is 0 Å². The molecule has 0 radical (unpaired) electrons. The molecule has 35 heavy (non-hydrogen) atoms. The Morgan fingerprint density at radius 1 is 1.11 bits per heavy atom. The van der Waals surface area contributed by atoms with Crippen LogP contribution in [0.1, 0.15) is 35.6 Å². The van der Waals surface area contributed by atoms with Crippen molar-refractivity contribution >= 4 is 5.82 Å². The normalized spacial score (nSPS) is 22.1. The average Bonchev–Trinajstić information content (AvgIpc) is 3.57. The van der Waals surface area contributed by atoms with Crippen molar-refractivity contribution in [2.45, 2.75) is 38.1 Å². The van der Waals surface area contributed by atoms with Crippen LogP contribution in [0.2, 0.25) is 0 Å². The maximum absolute atomic E-state index is 13.5. The summed E-state index contributed by atoms with van der Waals surface area (Å²) in [4.78, 5) is 20.2. The highest BCUT2D eigenvalue weighted by molar-refractivity contribution is 5.46. The Morgan fingerprint density at radius 3 is 2.54 bits per heavy atom. The summed E-state index contributed by atoms with van der Waals surface area (Å²) >= 11 is 0. The minimum Gasteiger partial charge on any atom is -0.351 e. The number of nitrogens with one attached hydrogen (secondary N) is 2. The van der Waals surface area contributed by atoms with Crippen molar-refractivity contribution in [2.24, 2.45) is 5.41 Å². The second-order valence-corrected chi connectivity index (χ2v) is 10.6. The van der Waals surface area contributed by atoms with E-state index in [2.05, 4.69) is 46.7 Å². The molecule has 182 valence electrons. The van der Waals surface area contributed by atoms with Crippen molar-refractivity contribution in [3.05, 3.63) is 87.7 Å². The van der Waals surface area contributed by atoms with Crippen LogP contribution in [-0.2, 0) is 6.42 Å². The van der Waals surface area contributed by atoms with Crippen molar-refractivity contribution in [3.8, 4) is 5.69 Å². The molecule has 6 nitrogen and oxygen atoms in total. The summed E-state index contributed by atoms with van der Waals surface area (Å²) in [5.41, 5.74) is 4.43. The Morgan fingerprint density at radius 2 is 1.86 bits per heavy atom. The summed E-state index contributed by atoms with van der Waals surface area (Å²) in [5.74, 6) is 0.813. The molecule has 1 aliphatic carbocycles. The molecule has 0 unspecified atom stereocenters. The molecule has 2 aromatic carbocycles. The van der Waals surface area contributed by atoms with Crippen LogP contribution in [0.25, 0.3) is 5.69 Å². The van der Waals surface area contributed by atoms with Gasteiger partial charge in [0.15, 0.2) is 5.82 Å². The van der Waals surface area contributed by atoms with Crippen LogP contribution in [-0.4, -0.2) is 48.3 Å². The van der Waals surface area contributed by atoms with Gasteiger partial charge in [-0.3, -0.25) is 9.36 Å². The maximum Gasteiger partial charge on any atom is 0.298 e. The molecule has 2 atom stereocenters. The zero-order valence-electron chi connectivity index (χ0n) is 20.1. The summed E-state index contributed by atoms with van der Waals surface area (Å²) in [6.07, 6.45) is 4.74. The minimum absolute atomic E-state index is 0.139. The van der Waals surface area contributed by atoms with Crippen LogP contribution in [0.4, 0.5) is 10.2 Å². The predicted molar refractivity (Wildman–Crippen MR) is 136 cm³/mol. The molecule has 6 rings (SSSR count). The molecule has 1 saturated carbocycles.